The number of benzene rings is 1. The molecular weight excluding hydrogens is 276 g/mol. The molecule has 1 heterocycles. The molecule has 1 aromatic carbocycles. The van der Waals surface area contributed by atoms with E-state index in [9.17, 15) is 0 Å². The lowest BCUT2D eigenvalue weighted by Gasteiger charge is -2.16. The number of hydrogen-bond donors (Lipinski definition) is 1. The zero-order chi connectivity index (χ0) is 14.0. The molecule has 0 saturated heterocycles. The molecule has 0 amide bonds. The Kier molecular flexibility index (Phi) is 4.14. The van der Waals surface area contributed by atoms with Crippen molar-refractivity contribution in [2.45, 2.75) is 26.8 Å². The third-order valence-electron chi connectivity index (χ3n) is 3.02. The molecule has 1 aromatic heterocycles. The zero-order valence-electron chi connectivity index (χ0n) is 11.1. The normalized spacial score (nSPS) is 11.9. The molecule has 0 radical (unpaired) electrons. The molecular formula is C15H15ClN2S. The van der Waals surface area contributed by atoms with Gasteiger partial charge in [0.2, 0.25) is 0 Å². The van der Waals surface area contributed by atoms with Crippen molar-refractivity contribution in [1.82, 2.24) is 0 Å². The van der Waals surface area contributed by atoms with Gasteiger partial charge < -0.3 is 5.32 Å². The fourth-order valence-corrected chi connectivity index (χ4v) is 3.32. The first-order valence-electron chi connectivity index (χ1n) is 6.04. The van der Waals surface area contributed by atoms with E-state index in [1.807, 2.05) is 0 Å². The average molecular weight is 291 g/mol. The summed E-state index contributed by atoms with van der Waals surface area (Å²) in [5, 5.41) is 13.1. The van der Waals surface area contributed by atoms with Crippen LogP contribution in [-0.4, -0.2) is 0 Å². The Morgan fingerprint density at radius 1 is 1.32 bits per heavy atom. The van der Waals surface area contributed by atoms with Gasteiger partial charge in [0.15, 0.2) is 0 Å². The number of nitrogens with one attached hydrogen (secondary N) is 1. The molecule has 0 spiro atoms. The van der Waals surface area contributed by atoms with Crippen LogP contribution in [0.3, 0.4) is 0 Å². The summed E-state index contributed by atoms with van der Waals surface area (Å²) in [4.78, 5) is 2.60. The smallest absolute Gasteiger partial charge is 0.101 e. The first kappa shape index (κ1) is 13.9. The third kappa shape index (κ3) is 3.09. The van der Waals surface area contributed by atoms with E-state index >= 15 is 0 Å². The second-order valence-electron chi connectivity index (χ2n) is 4.54. The first-order chi connectivity index (χ1) is 9.01. The number of anilines is 1. The van der Waals surface area contributed by atoms with Gasteiger partial charge in [-0.2, -0.15) is 5.26 Å². The molecule has 2 nitrogen and oxygen atoms in total. The van der Waals surface area contributed by atoms with Gasteiger partial charge in [-0.25, -0.2) is 0 Å². The van der Waals surface area contributed by atoms with Crippen molar-refractivity contribution in [2.24, 2.45) is 0 Å². The van der Waals surface area contributed by atoms with Crippen LogP contribution in [0, 0.1) is 25.2 Å². The Morgan fingerprint density at radius 2 is 2.05 bits per heavy atom. The van der Waals surface area contributed by atoms with Crippen LogP contribution in [0.4, 0.5) is 5.69 Å². The molecule has 0 aliphatic heterocycles. The van der Waals surface area contributed by atoms with Gasteiger partial charge in [-0.1, -0.05) is 11.6 Å². The van der Waals surface area contributed by atoms with E-state index in [4.69, 9.17) is 16.9 Å². The lowest BCUT2D eigenvalue weighted by atomic mass is 10.1. The molecule has 2 rings (SSSR count). The van der Waals surface area contributed by atoms with E-state index in [0.717, 1.165) is 5.69 Å². The molecule has 0 aliphatic rings. The predicted molar refractivity (Wildman–Crippen MR) is 82.0 cm³/mol. The van der Waals surface area contributed by atoms with Crippen LogP contribution < -0.4 is 5.32 Å². The number of halogens is 1. The molecule has 0 saturated carbocycles. The first-order valence-corrected chi connectivity index (χ1v) is 7.24. The summed E-state index contributed by atoms with van der Waals surface area (Å²) in [6.45, 7) is 6.32. The molecule has 0 aliphatic carbocycles. The van der Waals surface area contributed by atoms with Crippen molar-refractivity contribution in [3.63, 3.8) is 0 Å². The van der Waals surface area contributed by atoms with Gasteiger partial charge in [0.1, 0.15) is 6.07 Å². The largest absolute Gasteiger partial charge is 0.377 e. The van der Waals surface area contributed by atoms with Crippen molar-refractivity contribution < 1.29 is 0 Å². The van der Waals surface area contributed by atoms with Gasteiger partial charge in [-0.05, 0) is 50.6 Å². The lowest BCUT2D eigenvalue weighted by molar-refractivity contribution is 0.881. The van der Waals surface area contributed by atoms with E-state index < -0.39 is 0 Å². The highest BCUT2D eigenvalue weighted by atomic mass is 35.5. The molecule has 4 heteroatoms. The maximum absolute atomic E-state index is 9.12. The van der Waals surface area contributed by atoms with Crippen LogP contribution in [-0.2, 0) is 0 Å². The fourth-order valence-electron chi connectivity index (χ4n) is 2.12. The van der Waals surface area contributed by atoms with Crippen molar-refractivity contribution in [3.05, 3.63) is 50.2 Å². The van der Waals surface area contributed by atoms with Gasteiger partial charge in [0.25, 0.3) is 0 Å². The quantitative estimate of drug-likeness (QED) is 0.857. The van der Waals surface area contributed by atoms with Crippen molar-refractivity contribution >= 4 is 28.6 Å². The van der Waals surface area contributed by atoms with E-state index in [0.29, 0.717) is 10.6 Å². The monoisotopic (exact) mass is 290 g/mol. The summed E-state index contributed by atoms with van der Waals surface area (Å²) in [7, 11) is 0. The summed E-state index contributed by atoms with van der Waals surface area (Å²) in [5.74, 6) is 0. The summed E-state index contributed by atoms with van der Waals surface area (Å²) >= 11 is 7.78. The molecule has 19 heavy (non-hydrogen) atoms. The number of rotatable bonds is 3. The van der Waals surface area contributed by atoms with Crippen LogP contribution in [0.25, 0.3) is 0 Å². The number of aryl methyl sites for hydroxylation is 2. The van der Waals surface area contributed by atoms with Gasteiger partial charge in [0.05, 0.1) is 11.3 Å². The lowest BCUT2D eigenvalue weighted by Crippen LogP contribution is -2.08. The average Bonchev–Trinajstić information content (AvgIpc) is 2.69. The number of nitriles is 1. The summed E-state index contributed by atoms with van der Waals surface area (Å²) < 4.78 is 0. The van der Waals surface area contributed by atoms with Crippen LogP contribution in [0.1, 0.15) is 33.8 Å². The number of nitrogens with zero attached hydrogens (tertiary/aromatic N) is 1. The summed E-state index contributed by atoms with van der Waals surface area (Å²) in [6.07, 6.45) is 0. The van der Waals surface area contributed by atoms with Crippen molar-refractivity contribution in [2.75, 3.05) is 5.32 Å². The summed E-state index contributed by atoms with van der Waals surface area (Å²) in [6, 6.07) is 9.79. The molecule has 0 fully saturated rings. The zero-order valence-corrected chi connectivity index (χ0v) is 12.7. The van der Waals surface area contributed by atoms with Crippen LogP contribution >= 0.6 is 22.9 Å². The molecule has 1 atom stereocenters. The minimum atomic E-state index is 0.149. The number of thiophene rings is 1. The maximum atomic E-state index is 9.12. The minimum absolute atomic E-state index is 0.149. The predicted octanol–water partition coefficient (Wildman–Crippen LogP) is 5.06. The van der Waals surface area contributed by atoms with Gasteiger partial charge >= 0.3 is 0 Å². The summed E-state index contributed by atoms with van der Waals surface area (Å²) in [5.41, 5.74) is 2.66. The highest BCUT2D eigenvalue weighted by Crippen LogP contribution is 2.30. The van der Waals surface area contributed by atoms with E-state index in [-0.39, 0.29) is 6.04 Å². The Hall–Kier alpha value is -1.50. The maximum Gasteiger partial charge on any atom is 0.101 e. The van der Waals surface area contributed by atoms with E-state index in [1.54, 1.807) is 29.5 Å². The van der Waals surface area contributed by atoms with Crippen molar-refractivity contribution in [1.29, 1.82) is 5.26 Å². The second kappa shape index (κ2) is 5.64. The van der Waals surface area contributed by atoms with Gasteiger partial charge in [-0.15, -0.1) is 11.3 Å². The Balaban J connectivity index is 2.29. The van der Waals surface area contributed by atoms with Crippen LogP contribution in [0.2, 0.25) is 5.02 Å². The van der Waals surface area contributed by atoms with Gasteiger partial charge in [0, 0.05) is 20.8 Å². The molecule has 2 aromatic rings. The third-order valence-corrected chi connectivity index (χ3v) is 4.24. The number of hydrogen-bond acceptors (Lipinski definition) is 3. The van der Waals surface area contributed by atoms with Gasteiger partial charge in [-0.3, -0.25) is 0 Å². The Morgan fingerprint density at radius 3 is 2.63 bits per heavy atom. The Bertz CT molecular complexity index is 640. The fraction of sp³-hybridized carbons (Fsp3) is 0.267. The molecule has 1 N–H and O–H groups in total. The van der Waals surface area contributed by atoms with E-state index in [2.05, 4.69) is 38.2 Å². The van der Waals surface area contributed by atoms with Crippen LogP contribution in [0.15, 0.2) is 24.3 Å². The standard InChI is InChI=1S/C15H15ClN2S/c1-9-6-14(11(3)19-9)10(2)18-15-7-13(16)5-4-12(15)8-17/h4-7,10,18H,1-3H3. The molecule has 1 unspecified atom stereocenters. The molecule has 0 bridgehead atoms. The highest BCUT2D eigenvalue weighted by molar-refractivity contribution is 7.12. The molecule has 98 valence electrons. The highest BCUT2D eigenvalue weighted by Gasteiger charge is 2.13. The van der Waals surface area contributed by atoms with E-state index in [1.165, 1.54) is 15.3 Å². The minimum Gasteiger partial charge on any atom is -0.377 e. The van der Waals surface area contributed by atoms with Crippen LogP contribution in [0.5, 0.6) is 0 Å². The Labute approximate surface area is 122 Å². The van der Waals surface area contributed by atoms with Crippen molar-refractivity contribution in [3.8, 4) is 6.07 Å². The second-order valence-corrected chi connectivity index (χ2v) is 6.43. The SMILES string of the molecule is Cc1cc(C(C)Nc2cc(Cl)ccc2C#N)c(C)s1. The topological polar surface area (TPSA) is 35.8 Å².